The highest BCUT2D eigenvalue weighted by Crippen LogP contribution is 2.27. The lowest BCUT2D eigenvalue weighted by Crippen LogP contribution is -2.31. The Kier molecular flexibility index (Phi) is 3.94. The van der Waals surface area contributed by atoms with Crippen LogP contribution in [0, 0.1) is 11.6 Å². The molecule has 0 atom stereocenters. The molecule has 0 saturated carbocycles. The first-order chi connectivity index (χ1) is 8.22. The number of rotatable bonds is 3. The van der Waals surface area contributed by atoms with Gasteiger partial charge in [-0.3, -0.25) is 0 Å². The Morgan fingerprint density at radius 3 is 2.24 bits per heavy atom. The van der Waals surface area contributed by atoms with Crippen LogP contribution in [0.5, 0.6) is 0 Å². The molecule has 1 saturated heterocycles. The van der Waals surface area contributed by atoms with E-state index in [2.05, 4.69) is 5.32 Å². The number of piperidine rings is 1. The molecule has 0 spiro atoms. The van der Waals surface area contributed by atoms with E-state index in [4.69, 9.17) is 0 Å². The summed E-state index contributed by atoms with van der Waals surface area (Å²) in [4.78, 5) is 1.82. The van der Waals surface area contributed by atoms with E-state index in [9.17, 15) is 8.78 Å². The minimum atomic E-state index is -0.447. The van der Waals surface area contributed by atoms with Crippen LogP contribution < -0.4 is 10.2 Å². The molecule has 1 heterocycles. The van der Waals surface area contributed by atoms with Gasteiger partial charge >= 0.3 is 0 Å². The van der Waals surface area contributed by atoms with Crippen molar-refractivity contribution in [3.63, 3.8) is 0 Å². The maximum atomic E-state index is 13.9. The Labute approximate surface area is 101 Å². The molecule has 2 nitrogen and oxygen atoms in total. The maximum Gasteiger partial charge on any atom is 0.149 e. The highest BCUT2D eigenvalue weighted by Gasteiger charge is 2.19. The van der Waals surface area contributed by atoms with Crippen molar-refractivity contribution in [3.05, 3.63) is 29.3 Å². The van der Waals surface area contributed by atoms with Crippen molar-refractivity contribution in [1.29, 1.82) is 0 Å². The normalized spacial score (nSPS) is 16.3. The minimum Gasteiger partial charge on any atom is -0.367 e. The molecule has 17 heavy (non-hydrogen) atoms. The molecule has 4 heteroatoms. The zero-order valence-corrected chi connectivity index (χ0v) is 10.1. The molecule has 0 bridgehead atoms. The molecule has 1 aromatic carbocycles. The average molecular weight is 240 g/mol. The van der Waals surface area contributed by atoms with Gasteiger partial charge in [-0.25, -0.2) is 8.78 Å². The van der Waals surface area contributed by atoms with Gasteiger partial charge < -0.3 is 10.2 Å². The number of halogens is 2. The molecule has 0 unspecified atom stereocenters. The molecule has 1 aliphatic rings. The van der Waals surface area contributed by atoms with Crippen molar-refractivity contribution in [3.8, 4) is 0 Å². The molecular formula is C13H18F2N2. The molecule has 0 amide bonds. The van der Waals surface area contributed by atoms with E-state index >= 15 is 0 Å². The van der Waals surface area contributed by atoms with Crippen molar-refractivity contribution in [2.75, 3.05) is 25.0 Å². The lowest BCUT2D eigenvalue weighted by molar-refractivity contribution is 0.528. The molecule has 1 aliphatic heterocycles. The van der Waals surface area contributed by atoms with Crippen LogP contribution in [0.1, 0.15) is 24.8 Å². The minimum absolute atomic E-state index is 0.143. The summed E-state index contributed by atoms with van der Waals surface area (Å²) >= 11 is 0. The fourth-order valence-corrected chi connectivity index (χ4v) is 2.34. The summed E-state index contributed by atoms with van der Waals surface area (Å²) in [6.07, 6.45) is 3.17. The van der Waals surface area contributed by atoms with Gasteiger partial charge in [-0.2, -0.15) is 0 Å². The molecule has 0 aliphatic carbocycles. The molecule has 0 aromatic heterocycles. The molecule has 1 aromatic rings. The van der Waals surface area contributed by atoms with E-state index in [0.717, 1.165) is 32.4 Å². The van der Waals surface area contributed by atoms with Crippen LogP contribution in [0.15, 0.2) is 12.1 Å². The topological polar surface area (TPSA) is 15.3 Å². The molecule has 1 fully saturated rings. The smallest absolute Gasteiger partial charge is 0.149 e. The van der Waals surface area contributed by atoms with Crippen LogP contribution >= 0.6 is 0 Å². The fourth-order valence-electron chi connectivity index (χ4n) is 2.34. The third-order valence-corrected chi connectivity index (χ3v) is 3.13. The Balaban J connectivity index is 2.27. The second-order valence-corrected chi connectivity index (χ2v) is 4.49. The number of hydrogen-bond acceptors (Lipinski definition) is 2. The summed E-state index contributed by atoms with van der Waals surface area (Å²) in [5.74, 6) is -0.894. The van der Waals surface area contributed by atoms with Gasteiger partial charge in [-0.15, -0.1) is 0 Å². The van der Waals surface area contributed by atoms with E-state index in [-0.39, 0.29) is 5.69 Å². The number of benzene rings is 1. The summed E-state index contributed by atoms with van der Waals surface area (Å²) in [5, 5.41) is 2.89. The Bertz CT molecular complexity index is 364. The zero-order valence-electron chi connectivity index (χ0n) is 10.1. The second-order valence-electron chi connectivity index (χ2n) is 4.49. The summed E-state index contributed by atoms with van der Waals surface area (Å²) in [6, 6.07) is 2.84. The van der Waals surface area contributed by atoms with E-state index < -0.39 is 11.6 Å². The van der Waals surface area contributed by atoms with Gasteiger partial charge in [-0.05, 0) is 44.0 Å². The van der Waals surface area contributed by atoms with E-state index in [1.165, 1.54) is 12.1 Å². The van der Waals surface area contributed by atoms with E-state index in [0.29, 0.717) is 12.1 Å². The van der Waals surface area contributed by atoms with Crippen molar-refractivity contribution >= 4 is 5.69 Å². The number of nitrogens with zero attached hydrogens (tertiary/aromatic N) is 1. The lowest BCUT2D eigenvalue weighted by atomic mass is 10.1. The van der Waals surface area contributed by atoms with Gasteiger partial charge in [0.1, 0.15) is 17.3 Å². The predicted molar refractivity (Wildman–Crippen MR) is 65.2 cm³/mol. The molecule has 2 rings (SSSR count). The standard InChI is InChI=1S/C13H18F2N2/c1-16-9-10-7-11(14)13(12(15)8-10)17-5-3-2-4-6-17/h7-8,16H,2-6,9H2,1H3. The first kappa shape index (κ1) is 12.3. The SMILES string of the molecule is CNCc1cc(F)c(N2CCCCC2)c(F)c1. The quantitative estimate of drug-likeness (QED) is 0.873. The molecule has 1 N–H and O–H groups in total. The van der Waals surface area contributed by atoms with Crippen LogP contribution in [-0.2, 0) is 6.54 Å². The second kappa shape index (κ2) is 5.45. The molecule has 94 valence electrons. The van der Waals surface area contributed by atoms with Gasteiger partial charge in [-0.1, -0.05) is 0 Å². The average Bonchev–Trinajstić information content (AvgIpc) is 2.30. The summed E-state index contributed by atoms with van der Waals surface area (Å²) in [5.41, 5.74) is 0.785. The van der Waals surface area contributed by atoms with Crippen molar-refractivity contribution in [1.82, 2.24) is 5.32 Å². The van der Waals surface area contributed by atoms with Gasteiger partial charge in [0.15, 0.2) is 0 Å². The number of hydrogen-bond donors (Lipinski definition) is 1. The summed E-state index contributed by atoms with van der Waals surface area (Å²) < 4.78 is 27.8. The summed E-state index contributed by atoms with van der Waals surface area (Å²) in [7, 11) is 1.76. The summed E-state index contributed by atoms with van der Waals surface area (Å²) in [6.45, 7) is 1.98. The van der Waals surface area contributed by atoms with Crippen LogP contribution in [0.4, 0.5) is 14.5 Å². The fraction of sp³-hybridized carbons (Fsp3) is 0.538. The van der Waals surface area contributed by atoms with Crippen LogP contribution in [0.2, 0.25) is 0 Å². The highest BCUT2D eigenvalue weighted by atomic mass is 19.1. The monoisotopic (exact) mass is 240 g/mol. The third-order valence-electron chi connectivity index (χ3n) is 3.13. The maximum absolute atomic E-state index is 13.9. The molecular weight excluding hydrogens is 222 g/mol. The van der Waals surface area contributed by atoms with Gasteiger partial charge in [0.05, 0.1) is 0 Å². The van der Waals surface area contributed by atoms with Gasteiger partial charge in [0.2, 0.25) is 0 Å². The van der Waals surface area contributed by atoms with Crippen molar-refractivity contribution in [2.45, 2.75) is 25.8 Å². The van der Waals surface area contributed by atoms with E-state index in [1.54, 1.807) is 7.05 Å². The lowest BCUT2D eigenvalue weighted by Gasteiger charge is -2.29. The first-order valence-electron chi connectivity index (χ1n) is 6.10. The third kappa shape index (κ3) is 2.75. The number of anilines is 1. The van der Waals surface area contributed by atoms with Crippen molar-refractivity contribution < 1.29 is 8.78 Å². The largest absolute Gasteiger partial charge is 0.367 e. The van der Waals surface area contributed by atoms with Crippen LogP contribution in [-0.4, -0.2) is 20.1 Å². The van der Waals surface area contributed by atoms with E-state index in [1.807, 2.05) is 4.90 Å². The number of nitrogens with one attached hydrogen (secondary N) is 1. The van der Waals surface area contributed by atoms with Crippen LogP contribution in [0.25, 0.3) is 0 Å². The highest BCUT2D eigenvalue weighted by molar-refractivity contribution is 5.51. The predicted octanol–water partition coefficient (Wildman–Crippen LogP) is 2.67. The Morgan fingerprint density at radius 1 is 1.12 bits per heavy atom. The first-order valence-corrected chi connectivity index (χ1v) is 6.10. The van der Waals surface area contributed by atoms with Crippen LogP contribution in [0.3, 0.4) is 0 Å². The molecule has 0 radical (unpaired) electrons. The van der Waals surface area contributed by atoms with Crippen molar-refractivity contribution in [2.24, 2.45) is 0 Å². The zero-order chi connectivity index (χ0) is 12.3. The van der Waals surface area contributed by atoms with Gasteiger partial charge in [0, 0.05) is 19.6 Å². The Hall–Kier alpha value is -1.16. The Morgan fingerprint density at radius 2 is 1.71 bits per heavy atom. The van der Waals surface area contributed by atoms with Gasteiger partial charge in [0.25, 0.3) is 0 Å².